The van der Waals surface area contributed by atoms with Gasteiger partial charge < -0.3 is 0 Å². The summed E-state index contributed by atoms with van der Waals surface area (Å²) in [6.07, 6.45) is 3.33. The molecule has 3 atom stereocenters. The monoisotopic (exact) mass is 327 g/mol. The molecule has 4 fully saturated rings. The number of quaternary nitrogens is 1. The molecule has 0 spiro atoms. The topological polar surface area (TPSA) is 9.72 Å². The zero-order valence-corrected chi connectivity index (χ0v) is 15.0. The average molecular weight is 327 g/mol. The Hall–Kier alpha value is -0.940. The van der Waals surface area contributed by atoms with Crippen LogP contribution in [-0.4, -0.2) is 83.4 Å². The fraction of sp³-hybridized carbons (Fsp3) is 0.700. The van der Waals surface area contributed by atoms with Crippen LogP contribution >= 0.6 is 0 Å². The molecule has 130 valence electrons. The van der Waals surface area contributed by atoms with E-state index in [-0.39, 0.29) is 5.66 Å². The lowest BCUT2D eigenvalue weighted by Gasteiger charge is -2.70. The molecule has 24 heavy (non-hydrogen) atoms. The van der Waals surface area contributed by atoms with Gasteiger partial charge in [0.05, 0.1) is 13.1 Å². The highest BCUT2D eigenvalue weighted by atomic mass is 15.6. The minimum Gasteiger partial charge on any atom is -0.299 e. The standard InChI is InChI=1S/C20H31N4/c1-20-19-21-9-5-10-22(19)14-16-24(20,15-6-11-23(20)13-12-21)17-18-7-3-2-4-8-18/h2-4,7-8,19H,5-6,9-17H2,1H3/q+1. The lowest BCUT2D eigenvalue weighted by Crippen LogP contribution is -2.88. The molecule has 4 aliphatic rings. The molecule has 4 nitrogen and oxygen atoms in total. The maximum absolute atomic E-state index is 2.86. The number of piperazine rings is 2. The molecular formula is C20H31N4+. The molecule has 0 N–H and O–H groups in total. The van der Waals surface area contributed by atoms with E-state index in [0.29, 0.717) is 6.17 Å². The van der Waals surface area contributed by atoms with Crippen LogP contribution in [0.4, 0.5) is 0 Å². The number of benzene rings is 1. The van der Waals surface area contributed by atoms with Crippen LogP contribution < -0.4 is 0 Å². The molecule has 1 aromatic carbocycles. The van der Waals surface area contributed by atoms with Crippen LogP contribution in [0.1, 0.15) is 25.3 Å². The van der Waals surface area contributed by atoms with Crippen LogP contribution in [0.2, 0.25) is 0 Å². The first kappa shape index (κ1) is 15.3. The normalized spacial score (nSPS) is 40.3. The first-order valence-electron chi connectivity index (χ1n) is 9.86. The van der Waals surface area contributed by atoms with Crippen molar-refractivity contribution in [1.29, 1.82) is 0 Å². The summed E-state index contributed by atoms with van der Waals surface area (Å²) in [7, 11) is 0. The van der Waals surface area contributed by atoms with Crippen molar-refractivity contribution in [2.45, 2.75) is 38.1 Å². The summed E-state index contributed by atoms with van der Waals surface area (Å²) in [6.45, 7) is 14.2. The molecule has 3 unspecified atom stereocenters. The van der Waals surface area contributed by atoms with E-state index in [2.05, 4.69) is 52.0 Å². The Labute approximate surface area is 146 Å². The second kappa shape index (κ2) is 5.53. The predicted molar refractivity (Wildman–Crippen MR) is 96.3 cm³/mol. The summed E-state index contributed by atoms with van der Waals surface area (Å²) < 4.78 is 1.27. The van der Waals surface area contributed by atoms with Gasteiger partial charge in [-0.25, -0.2) is 4.90 Å². The summed E-state index contributed by atoms with van der Waals surface area (Å²) in [5, 5.41) is 0. The molecule has 0 bridgehead atoms. The van der Waals surface area contributed by atoms with Crippen LogP contribution in [0.25, 0.3) is 0 Å². The van der Waals surface area contributed by atoms with E-state index >= 15 is 0 Å². The number of rotatable bonds is 2. The fourth-order valence-corrected chi connectivity index (χ4v) is 6.33. The van der Waals surface area contributed by atoms with E-state index in [4.69, 9.17) is 0 Å². The largest absolute Gasteiger partial charge is 0.299 e. The molecule has 0 aromatic heterocycles. The van der Waals surface area contributed by atoms with Crippen molar-refractivity contribution in [3.05, 3.63) is 35.9 Å². The minimum absolute atomic E-state index is 0.255. The highest BCUT2D eigenvalue weighted by Gasteiger charge is 2.65. The lowest BCUT2D eigenvalue weighted by molar-refractivity contribution is -1.01. The molecule has 0 aliphatic carbocycles. The maximum atomic E-state index is 2.86. The first-order chi connectivity index (χ1) is 11.7. The third kappa shape index (κ3) is 2.00. The summed E-state index contributed by atoms with van der Waals surface area (Å²) in [5.41, 5.74) is 1.77. The van der Waals surface area contributed by atoms with Crippen LogP contribution in [-0.2, 0) is 6.54 Å². The zero-order chi connectivity index (χ0) is 16.2. The molecular weight excluding hydrogens is 296 g/mol. The molecule has 4 aliphatic heterocycles. The summed E-state index contributed by atoms with van der Waals surface area (Å²) >= 11 is 0. The van der Waals surface area contributed by atoms with Crippen LogP contribution in [0.15, 0.2) is 30.3 Å². The number of hydrogen-bond acceptors (Lipinski definition) is 3. The quantitative estimate of drug-likeness (QED) is 0.767. The molecule has 0 amide bonds. The van der Waals surface area contributed by atoms with Gasteiger partial charge in [-0.15, -0.1) is 0 Å². The smallest absolute Gasteiger partial charge is 0.182 e. The molecule has 4 saturated heterocycles. The van der Waals surface area contributed by atoms with Crippen molar-refractivity contribution >= 4 is 0 Å². The second-order valence-electron chi connectivity index (χ2n) is 8.47. The Morgan fingerprint density at radius 3 is 2.54 bits per heavy atom. The van der Waals surface area contributed by atoms with Crippen molar-refractivity contribution in [2.24, 2.45) is 0 Å². The van der Waals surface area contributed by atoms with Gasteiger partial charge in [-0.05, 0) is 6.42 Å². The van der Waals surface area contributed by atoms with Gasteiger partial charge in [0.25, 0.3) is 0 Å². The van der Waals surface area contributed by atoms with Crippen LogP contribution in [0, 0.1) is 0 Å². The third-order valence-electron chi connectivity index (χ3n) is 7.49. The van der Waals surface area contributed by atoms with E-state index < -0.39 is 0 Å². The number of nitrogens with zero attached hydrogens (tertiary/aromatic N) is 4. The Balaban J connectivity index is 1.58. The predicted octanol–water partition coefficient (Wildman–Crippen LogP) is 1.79. The Morgan fingerprint density at radius 2 is 1.71 bits per heavy atom. The van der Waals surface area contributed by atoms with Gasteiger partial charge in [0.1, 0.15) is 12.7 Å². The zero-order valence-electron chi connectivity index (χ0n) is 15.0. The number of hydrogen-bond donors (Lipinski definition) is 0. The van der Waals surface area contributed by atoms with Crippen molar-refractivity contribution in [2.75, 3.05) is 52.4 Å². The van der Waals surface area contributed by atoms with Crippen molar-refractivity contribution < 1.29 is 4.48 Å². The van der Waals surface area contributed by atoms with Gasteiger partial charge in [0, 0.05) is 58.2 Å². The molecule has 4 heteroatoms. The van der Waals surface area contributed by atoms with E-state index in [1.165, 1.54) is 81.8 Å². The van der Waals surface area contributed by atoms with Gasteiger partial charge in [-0.3, -0.25) is 14.3 Å². The summed E-state index contributed by atoms with van der Waals surface area (Å²) in [5.74, 6) is 0. The summed E-state index contributed by atoms with van der Waals surface area (Å²) in [6, 6.07) is 11.2. The van der Waals surface area contributed by atoms with Gasteiger partial charge in [0.2, 0.25) is 0 Å². The molecule has 1 aromatic rings. The van der Waals surface area contributed by atoms with Gasteiger partial charge in [-0.1, -0.05) is 30.3 Å². The van der Waals surface area contributed by atoms with Crippen molar-refractivity contribution in [3.8, 4) is 0 Å². The fourth-order valence-electron chi connectivity index (χ4n) is 6.33. The minimum atomic E-state index is 0.255. The highest BCUT2D eigenvalue weighted by Crippen LogP contribution is 2.46. The van der Waals surface area contributed by atoms with E-state index in [9.17, 15) is 0 Å². The Kier molecular flexibility index (Phi) is 3.53. The molecule has 0 radical (unpaired) electrons. The van der Waals surface area contributed by atoms with Crippen LogP contribution in [0.3, 0.4) is 0 Å². The highest BCUT2D eigenvalue weighted by molar-refractivity contribution is 5.14. The average Bonchev–Trinajstić information content (AvgIpc) is 2.61. The van der Waals surface area contributed by atoms with Gasteiger partial charge in [-0.2, -0.15) is 0 Å². The van der Waals surface area contributed by atoms with Crippen LogP contribution in [0.5, 0.6) is 0 Å². The molecule has 0 saturated carbocycles. The molecule has 4 heterocycles. The van der Waals surface area contributed by atoms with E-state index in [1.54, 1.807) is 0 Å². The van der Waals surface area contributed by atoms with E-state index in [0.717, 1.165) is 0 Å². The van der Waals surface area contributed by atoms with Crippen molar-refractivity contribution in [3.63, 3.8) is 0 Å². The maximum Gasteiger partial charge on any atom is 0.182 e. The van der Waals surface area contributed by atoms with E-state index in [1.807, 2.05) is 0 Å². The van der Waals surface area contributed by atoms with Crippen molar-refractivity contribution in [1.82, 2.24) is 14.7 Å². The van der Waals surface area contributed by atoms with Gasteiger partial charge >= 0.3 is 0 Å². The first-order valence-corrected chi connectivity index (χ1v) is 9.86. The Bertz CT molecular complexity index is 599. The molecule has 5 rings (SSSR count). The van der Waals surface area contributed by atoms with Gasteiger partial charge in [0.15, 0.2) is 5.66 Å². The second-order valence-corrected chi connectivity index (χ2v) is 8.47. The lowest BCUT2D eigenvalue weighted by atomic mass is 9.86. The third-order valence-corrected chi connectivity index (χ3v) is 7.49. The Morgan fingerprint density at radius 1 is 0.917 bits per heavy atom. The summed E-state index contributed by atoms with van der Waals surface area (Å²) in [4.78, 5) is 8.48. The SMILES string of the molecule is CC12C3N4CCCN3CC[N+]1(Cc1ccccc1)CCCN2CC4.